The van der Waals surface area contributed by atoms with Crippen LogP contribution in [0, 0.1) is 5.82 Å². The Hall–Kier alpha value is -3.11. The smallest absolute Gasteiger partial charge is 0.324 e. The molecule has 0 aliphatic carbocycles. The van der Waals surface area contributed by atoms with Gasteiger partial charge in [0.15, 0.2) is 11.9 Å². The third kappa shape index (κ3) is 6.19. The van der Waals surface area contributed by atoms with Crippen molar-refractivity contribution in [1.82, 2.24) is 4.72 Å². The first-order chi connectivity index (χ1) is 14.0. The fraction of sp³-hybridized carbons (Fsp3) is 0.250. The van der Waals surface area contributed by atoms with Crippen LogP contribution in [0.3, 0.4) is 0 Å². The predicted molar refractivity (Wildman–Crippen MR) is 107 cm³/mol. The molecule has 30 heavy (non-hydrogen) atoms. The number of carbonyl (C=O) groups excluding carboxylic acids is 3. The second-order valence-corrected chi connectivity index (χ2v) is 8.21. The summed E-state index contributed by atoms with van der Waals surface area (Å²) in [6.45, 7) is 4.01. The Bertz CT molecular complexity index is 1040. The third-order valence-electron chi connectivity index (χ3n) is 4.03. The molecule has 0 radical (unpaired) electrons. The summed E-state index contributed by atoms with van der Waals surface area (Å²) in [5, 5.41) is 2.53. The van der Waals surface area contributed by atoms with Gasteiger partial charge in [0, 0.05) is 11.3 Å². The minimum absolute atomic E-state index is 0.118. The molecule has 10 heteroatoms. The number of anilines is 1. The van der Waals surface area contributed by atoms with Crippen LogP contribution in [0.15, 0.2) is 53.4 Å². The first-order valence-electron chi connectivity index (χ1n) is 8.90. The quantitative estimate of drug-likeness (QED) is 0.484. The second-order valence-electron chi connectivity index (χ2n) is 6.50. The molecule has 0 aliphatic rings. The van der Waals surface area contributed by atoms with Crippen LogP contribution in [0.4, 0.5) is 10.1 Å². The van der Waals surface area contributed by atoms with Gasteiger partial charge in [0.1, 0.15) is 11.9 Å². The molecule has 0 spiro atoms. The molecule has 0 aromatic heterocycles. The van der Waals surface area contributed by atoms with Gasteiger partial charge >= 0.3 is 5.97 Å². The van der Waals surface area contributed by atoms with E-state index in [-0.39, 0.29) is 10.7 Å². The Morgan fingerprint density at radius 3 is 2.07 bits per heavy atom. The zero-order chi connectivity index (χ0) is 22.5. The lowest BCUT2D eigenvalue weighted by atomic mass is 10.1. The van der Waals surface area contributed by atoms with E-state index in [0.29, 0.717) is 11.3 Å². The van der Waals surface area contributed by atoms with Gasteiger partial charge in [-0.1, -0.05) is 0 Å². The highest BCUT2D eigenvalue weighted by atomic mass is 32.2. The van der Waals surface area contributed by atoms with E-state index in [4.69, 9.17) is 4.74 Å². The predicted octanol–water partition coefficient (Wildman–Crippen LogP) is 2.27. The lowest BCUT2D eigenvalue weighted by Gasteiger charge is -2.17. The summed E-state index contributed by atoms with van der Waals surface area (Å²) < 4.78 is 44.6. The first kappa shape index (κ1) is 23.2. The van der Waals surface area contributed by atoms with Gasteiger partial charge in [0.05, 0.1) is 4.90 Å². The number of esters is 1. The number of ether oxygens (including phenoxy) is 1. The molecule has 0 heterocycles. The molecule has 2 aromatic carbocycles. The summed E-state index contributed by atoms with van der Waals surface area (Å²) >= 11 is 0. The van der Waals surface area contributed by atoms with Crippen LogP contribution in [0.25, 0.3) is 0 Å². The van der Waals surface area contributed by atoms with Crippen LogP contribution in [0.5, 0.6) is 0 Å². The van der Waals surface area contributed by atoms with Gasteiger partial charge in [-0.25, -0.2) is 12.8 Å². The summed E-state index contributed by atoms with van der Waals surface area (Å²) in [6, 6.07) is 8.93. The Balaban J connectivity index is 1.94. The molecule has 2 N–H and O–H groups in total. The summed E-state index contributed by atoms with van der Waals surface area (Å²) in [4.78, 5) is 35.4. The lowest BCUT2D eigenvalue weighted by Crippen LogP contribution is -2.42. The number of nitrogens with one attached hydrogen (secondary N) is 2. The van der Waals surface area contributed by atoms with E-state index in [1.165, 1.54) is 32.9 Å². The van der Waals surface area contributed by atoms with Crippen molar-refractivity contribution in [2.75, 3.05) is 5.32 Å². The lowest BCUT2D eigenvalue weighted by molar-refractivity contribution is -0.154. The summed E-state index contributed by atoms with van der Waals surface area (Å²) in [7, 11) is -4.08. The number of benzene rings is 2. The van der Waals surface area contributed by atoms with Crippen molar-refractivity contribution in [2.24, 2.45) is 0 Å². The second kappa shape index (κ2) is 9.59. The van der Waals surface area contributed by atoms with Crippen molar-refractivity contribution in [2.45, 2.75) is 37.8 Å². The average Bonchev–Trinajstić information content (AvgIpc) is 2.68. The Morgan fingerprint density at radius 1 is 0.967 bits per heavy atom. The first-order valence-corrected chi connectivity index (χ1v) is 10.4. The van der Waals surface area contributed by atoms with Crippen molar-refractivity contribution in [3.63, 3.8) is 0 Å². The molecule has 1 unspecified atom stereocenters. The standard InChI is InChI=1S/C20H21FN2O6S/c1-12(23-30(27,28)18-10-6-16(21)7-11-18)20(26)29-14(3)19(25)22-17-8-4-15(5-9-17)13(2)24/h4-12,14,23H,1-3H3,(H,22,25)/t12-,14?/m0/s1. The number of hydrogen-bond acceptors (Lipinski definition) is 6. The molecule has 8 nitrogen and oxygen atoms in total. The Morgan fingerprint density at radius 2 is 1.53 bits per heavy atom. The monoisotopic (exact) mass is 436 g/mol. The van der Waals surface area contributed by atoms with Crippen LogP contribution in [0.2, 0.25) is 0 Å². The van der Waals surface area contributed by atoms with Gasteiger partial charge in [-0.3, -0.25) is 14.4 Å². The number of Topliss-reactive ketones (excluding diaryl/α,β-unsaturated/α-hetero) is 1. The zero-order valence-corrected chi connectivity index (χ0v) is 17.3. The van der Waals surface area contributed by atoms with Crippen molar-refractivity contribution >= 4 is 33.4 Å². The highest BCUT2D eigenvalue weighted by Crippen LogP contribution is 2.13. The molecular formula is C20H21FN2O6S. The van der Waals surface area contributed by atoms with E-state index >= 15 is 0 Å². The Labute approximate surface area is 173 Å². The van der Waals surface area contributed by atoms with E-state index in [0.717, 1.165) is 24.3 Å². The average molecular weight is 436 g/mol. The van der Waals surface area contributed by atoms with Crippen LogP contribution in [-0.4, -0.2) is 38.2 Å². The molecular weight excluding hydrogens is 415 g/mol. The van der Waals surface area contributed by atoms with E-state index in [9.17, 15) is 27.2 Å². The van der Waals surface area contributed by atoms with Gasteiger partial charge in [-0.2, -0.15) is 4.72 Å². The van der Waals surface area contributed by atoms with E-state index < -0.39 is 39.9 Å². The normalized spacial score (nSPS) is 13.2. The number of hydrogen-bond donors (Lipinski definition) is 2. The van der Waals surface area contributed by atoms with E-state index in [1.54, 1.807) is 12.1 Å². The van der Waals surface area contributed by atoms with Crippen LogP contribution in [-0.2, 0) is 24.3 Å². The maximum absolute atomic E-state index is 13.0. The molecule has 160 valence electrons. The fourth-order valence-corrected chi connectivity index (χ4v) is 3.52. The highest BCUT2D eigenvalue weighted by Gasteiger charge is 2.26. The molecule has 0 bridgehead atoms. The molecule has 0 saturated carbocycles. The molecule has 0 aliphatic heterocycles. The van der Waals surface area contributed by atoms with Crippen LogP contribution in [0.1, 0.15) is 31.1 Å². The molecule has 2 rings (SSSR count). The summed E-state index contributed by atoms with van der Waals surface area (Å²) in [5.74, 6) is -2.31. The topological polar surface area (TPSA) is 119 Å². The summed E-state index contributed by atoms with van der Waals surface area (Å²) in [6.07, 6.45) is -1.21. The largest absolute Gasteiger partial charge is 0.451 e. The van der Waals surface area contributed by atoms with Crippen molar-refractivity contribution in [3.05, 3.63) is 59.9 Å². The molecule has 2 aromatic rings. The molecule has 0 saturated heterocycles. The van der Waals surface area contributed by atoms with E-state index in [2.05, 4.69) is 10.0 Å². The number of ketones is 1. The fourth-order valence-electron chi connectivity index (χ4n) is 2.32. The maximum atomic E-state index is 13.0. The molecule has 1 amide bonds. The number of carbonyl (C=O) groups is 3. The number of amides is 1. The Kier molecular flexibility index (Phi) is 7.41. The summed E-state index contributed by atoms with van der Waals surface area (Å²) in [5.41, 5.74) is 0.882. The van der Waals surface area contributed by atoms with Gasteiger partial charge in [-0.15, -0.1) is 0 Å². The minimum Gasteiger partial charge on any atom is -0.451 e. The minimum atomic E-state index is -4.08. The third-order valence-corrected chi connectivity index (χ3v) is 5.59. The van der Waals surface area contributed by atoms with Gasteiger partial charge in [-0.05, 0) is 69.3 Å². The van der Waals surface area contributed by atoms with Crippen LogP contribution < -0.4 is 10.0 Å². The van der Waals surface area contributed by atoms with E-state index in [1.807, 2.05) is 0 Å². The zero-order valence-electron chi connectivity index (χ0n) is 16.5. The van der Waals surface area contributed by atoms with Gasteiger partial charge in [0.25, 0.3) is 5.91 Å². The molecule has 0 fully saturated rings. The SMILES string of the molecule is CC(=O)c1ccc(NC(=O)C(C)OC(=O)[C@H](C)NS(=O)(=O)c2ccc(F)cc2)cc1. The number of halogens is 1. The highest BCUT2D eigenvalue weighted by molar-refractivity contribution is 7.89. The maximum Gasteiger partial charge on any atom is 0.324 e. The number of rotatable bonds is 8. The van der Waals surface area contributed by atoms with Crippen molar-refractivity contribution < 1.29 is 31.9 Å². The van der Waals surface area contributed by atoms with Crippen molar-refractivity contribution in [3.8, 4) is 0 Å². The van der Waals surface area contributed by atoms with Gasteiger partial charge in [0.2, 0.25) is 10.0 Å². The van der Waals surface area contributed by atoms with Crippen molar-refractivity contribution in [1.29, 1.82) is 0 Å². The van der Waals surface area contributed by atoms with Crippen LogP contribution >= 0.6 is 0 Å². The number of sulfonamides is 1. The van der Waals surface area contributed by atoms with Gasteiger partial charge < -0.3 is 10.1 Å². The molecule has 2 atom stereocenters.